The number of carbonyl (C=O) groups is 2. The van der Waals surface area contributed by atoms with E-state index in [2.05, 4.69) is 45.1 Å². The average Bonchev–Trinajstić information content (AvgIpc) is 3.13. The monoisotopic (exact) mass is 442 g/mol. The number of nitrogens with zero attached hydrogens (tertiary/aromatic N) is 4. The van der Waals surface area contributed by atoms with Crippen molar-refractivity contribution < 1.29 is 24.2 Å². The molecule has 10 heteroatoms. The second-order valence-electron chi connectivity index (χ2n) is 7.33. The maximum absolute atomic E-state index is 11.9. The third kappa shape index (κ3) is 6.17. The van der Waals surface area contributed by atoms with Crippen LogP contribution in [0.4, 0.5) is 5.69 Å². The highest BCUT2D eigenvalue weighted by Gasteiger charge is 2.16. The fourth-order valence-electron chi connectivity index (χ4n) is 3.57. The van der Waals surface area contributed by atoms with Crippen LogP contribution in [-0.2, 0) is 16.1 Å². The Hall–Kier alpha value is -3.66. The first-order chi connectivity index (χ1) is 15.5. The van der Waals surface area contributed by atoms with Crippen molar-refractivity contribution in [3.8, 4) is 0 Å². The highest BCUT2D eigenvalue weighted by Crippen LogP contribution is 2.16. The van der Waals surface area contributed by atoms with Gasteiger partial charge in [-0.15, -0.1) is 0 Å². The number of carboxylic acids is 2. The third-order valence-electron chi connectivity index (χ3n) is 5.21. The van der Waals surface area contributed by atoms with Crippen LogP contribution >= 0.6 is 0 Å². The van der Waals surface area contributed by atoms with E-state index in [0.29, 0.717) is 17.8 Å². The molecule has 1 aliphatic rings. The van der Waals surface area contributed by atoms with E-state index in [1.165, 1.54) is 5.69 Å². The highest BCUT2D eigenvalue weighted by molar-refractivity contribution is 6.27. The third-order valence-corrected chi connectivity index (χ3v) is 5.21. The number of anilines is 1. The van der Waals surface area contributed by atoms with Crippen LogP contribution in [0.25, 0.3) is 11.2 Å². The minimum Gasteiger partial charge on any atom is -0.473 e. The van der Waals surface area contributed by atoms with Crippen LogP contribution in [0.2, 0.25) is 0 Å². The number of hydrogen-bond acceptors (Lipinski definition) is 7. The van der Waals surface area contributed by atoms with Crippen LogP contribution in [0.5, 0.6) is 0 Å². The van der Waals surface area contributed by atoms with Crippen molar-refractivity contribution >= 4 is 28.9 Å². The van der Waals surface area contributed by atoms with Gasteiger partial charge in [-0.05, 0) is 43.7 Å². The fourth-order valence-corrected chi connectivity index (χ4v) is 3.57. The van der Waals surface area contributed by atoms with Crippen molar-refractivity contribution in [2.24, 2.45) is 0 Å². The molecule has 0 aliphatic carbocycles. The standard InChI is InChI=1S/C20H24N4O2.C2H2O4/c25-20-24(19-18(26-20)9-6-10-21-19)12-5-4-11-22-13-15-23(16-14-22)17-7-2-1-3-8-17;3-1(4)2(5)6/h1-3,6-10H,4-5,11-16H2;(H,3,4)(H,5,6). The number of para-hydroxylation sites is 1. The topological polar surface area (TPSA) is 129 Å². The molecule has 32 heavy (non-hydrogen) atoms. The Morgan fingerprint density at radius 3 is 2.22 bits per heavy atom. The SMILES string of the molecule is O=C(O)C(=O)O.O=c1oc2cccnc2n1CCCCN1CCN(c2ccccc2)CC1. The molecule has 2 aromatic heterocycles. The first-order valence-electron chi connectivity index (χ1n) is 10.4. The smallest absolute Gasteiger partial charge is 0.421 e. The molecule has 0 saturated carbocycles. The number of rotatable bonds is 6. The van der Waals surface area contributed by atoms with Crippen LogP contribution < -0.4 is 10.7 Å². The van der Waals surface area contributed by atoms with Gasteiger partial charge in [0.25, 0.3) is 0 Å². The Labute approximate surface area is 184 Å². The molecule has 10 nitrogen and oxygen atoms in total. The van der Waals surface area contributed by atoms with Crippen LogP contribution in [0.15, 0.2) is 57.9 Å². The summed E-state index contributed by atoms with van der Waals surface area (Å²) in [6.07, 6.45) is 3.71. The first kappa shape index (κ1) is 23.0. The number of hydrogen-bond donors (Lipinski definition) is 2. The van der Waals surface area contributed by atoms with Crippen molar-refractivity contribution in [3.05, 3.63) is 59.2 Å². The average molecular weight is 442 g/mol. The van der Waals surface area contributed by atoms with E-state index in [9.17, 15) is 4.79 Å². The van der Waals surface area contributed by atoms with Crippen LogP contribution in [-0.4, -0.2) is 69.3 Å². The van der Waals surface area contributed by atoms with Gasteiger partial charge < -0.3 is 19.5 Å². The van der Waals surface area contributed by atoms with Gasteiger partial charge in [0, 0.05) is 44.6 Å². The number of unbranched alkanes of at least 4 members (excludes halogenated alkanes) is 1. The summed E-state index contributed by atoms with van der Waals surface area (Å²) in [5.74, 6) is -3.96. The molecule has 0 amide bonds. The molecule has 0 bridgehead atoms. The number of aryl methyl sites for hydroxylation is 1. The van der Waals surface area contributed by atoms with Gasteiger partial charge in [-0.3, -0.25) is 9.47 Å². The Morgan fingerprint density at radius 2 is 1.56 bits per heavy atom. The van der Waals surface area contributed by atoms with Gasteiger partial charge in [0.1, 0.15) is 0 Å². The van der Waals surface area contributed by atoms with Gasteiger partial charge in [0.2, 0.25) is 0 Å². The van der Waals surface area contributed by atoms with Gasteiger partial charge >= 0.3 is 17.7 Å². The lowest BCUT2D eigenvalue weighted by Crippen LogP contribution is -2.46. The normalized spacial score (nSPS) is 14.1. The lowest BCUT2D eigenvalue weighted by molar-refractivity contribution is -0.159. The summed E-state index contributed by atoms with van der Waals surface area (Å²) in [6.45, 7) is 6.04. The number of pyridine rings is 1. The predicted molar refractivity (Wildman–Crippen MR) is 118 cm³/mol. The van der Waals surface area contributed by atoms with Gasteiger partial charge in [0.05, 0.1) is 0 Å². The Kier molecular flexibility index (Phi) is 7.98. The molecule has 1 fully saturated rings. The van der Waals surface area contributed by atoms with Crippen molar-refractivity contribution in [3.63, 3.8) is 0 Å². The molecular weight excluding hydrogens is 416 g/mol. The molecule has 3 heterocycles. The van der Waals surface area contributed by atoms with E-state index in [4.69, 9.17) is 24.2 Å². The second-order valence-corrected chi connectivity index (χ2v) is 7.33. The van der Waals surface area contributed by atoms with Gasteiger partial charge in [0.15, 0.2) is 11.2 Å². The summed E-state index contributed by atoms with van der Waals surface area (Å²) < 4.78 is 6.87. The maximum Gasteiger partial charge on any atom is 0.421 e. The minimum absolute atomic E-state index is 0.310. The zero-order valence-electron chi connectivity index (χ0n) is 17.6. The number of carboxylic acid groups (broad SMARTS) is 2. The molecule has 0 atom stereocenters. The van der Waals surface area contributed by atoms with Crippen LogP contribution in [0.3, 0.4) is 0 Å². The molecule has 0 unspecified atom stereocenters. The molecule has 170 valence electrons. The summed E-state index contributed by atoms with van der Waals surface area (Å²) >= 11 is 0. The summed E-state index contributed by atoms with van der Waals surface area (Å²) in [5, 5.41) is 14.8. The minimum atomic E-state index is -1.82. The molecule has 2 N–H and O–H groups in total. The highest BCUT2D eigenvalue weighted by atomic mass is 16.4. The van der Waals surface area contributed by atoms with Gasteiger partial charge in [-0.2, -0.15) is 0 Å². The van der Waals surface area contributed by atoms with E-state index in [-0.39, 0.29) is 5.76 Å². The first-order valence-corrected chi connectivity index (χ1v) is 10.4. The summed E-state index contributed by atoms with van der Waals surface area (Å²) in [4.78, 5) is 39.4. The van der Waals surface area contributed by atoms with Gasteiger partial charge in [-0.1, -0.05) is 18.2 Å². The number of benzene rings is 1. The van der Waals surface area contributed by atoms with Crippen molar-refractivity contribution in [2.45, 2.75) is 19.4 Å². The Bertz CT molecular complexity index is 1070. The molecular formula is C22H26N4O6. The Morgan fingerprint density at radius 1 is 0.906 bits per heavy atom. The van der Waals surface area contributed by atoms with Gasteiger partial charge in [-0.25, -0.2) is 19.4 Å². The zero-order chi connectivity index (χ0) is 22.9. The summed E-state index contributed by atoms with van der Waals surface area (Å²) in [5.41, 5.74) is 2.52. The largest absolute Gasteiger partial charge is 0.473 e. The molecule has 1 aliphatic heterocycles. The van der Waals surface area contributed by atoms with E-state index in [0.717, 1.165) is 45.6 Å². The van der Waals surface area contributed by atoms with Crippen molar-refractivity contribution in [2.75, 3.05) is 37.6 Å². The van der Waals surface area contributed by atoms with E-state index < -0.39 is 11.9 Å². The summed E-state index contributed by atoms with van der Waals surface area (Å²) in [6, 6.07) is 14.2. The quantitative estimate of drug-likeness (QED) is 0.433. The van der Waals surface area contributed by atoms with Crippen LogP contribution in [0.1, 0.15) is 12.8 Å². The maximum atomic E-state index is 11.9. The molecule has 4 rings (SSSR count). The van der Waals surface area contributed by atoms with E-state index >= 15 is 0 Å². The lowest BCUT2D eigenvalue weighted by atomic mass is 10.2. The number of oxazole rings is 1. The Balaban J connectivity index is 0.000000427. The number of aromatic nitrogens is 2. The second kappa shape index (κ2) is 11.1. The molecule has 0 spiro atoms. The molecule has 3 aromatic rings. The fraction of sp³-hybridized carbons (Fsp3) is 0.364. The predicted octanol–water partition coefficient (Wildman–Crippen LogP) is 1.75. The summed E-state index contributed by atoms with van der Waals surface area (Å²) in [7, 11) is 0. The zero-order valence-corrected chi connectivity index (χ0v) is 17.6. The van der Waals surface area contributed by atoms with Crippen molar-refractivity contribution in [1.82, 2.24) is 14.5 Å². The molecule has 1 saturated heterocycles. The number of fused-ring (bicyclic) bond motifs is 1. The van der Waals surface area contributed by atoms with E-state index in [1.54, 1.807) is 22.9 Å². The van der Waals surface area contributed by atoms with Crippen molar-refractivity contribution in [1.29, 1.82) is 0 Å². The number of aliphatic carboxylic acids is 2. The molecule has 1 aromatic carbocycles. The van der Waals surface area contributed by atoms with E-state index in [1.807, 2.05) is 0 Å². The lowest BCUT2D eigenvalue weighted by Gasteiger charge is -2.36. The number of piperazine rings is 1. The van der Waals surface area contributed by atoms with Crippen LogP contribution in [0, 0.1) is 0 Å². The molecule has 0 radical (unpaired) electrons.